The van der Waals surface area contributed by atoms with Gasteiger partial charge in [0.25, 0.3) is 0 Å². The van der Waals surface area contributed by atoms with Gasteiger partial charge in [-0.05, 0) is 37.0 Å². The van der Waals surface area contributed by atoms with E-state index in [1.807, 2.05) is 6.07 Å². The van der Waals surface area contributed by atoms with Crippen LogP contribution in [0.25, 0.3) is 0 Å². The molecule has 16 heavy (non-hydrogen) atoms. The Morgan fingerprint density at radius 1 is 1.50 bits per heavy atom. The van der Waals surface area contributed by atoms with Gasteiger partial charge in [-0.15, -0.1) is 0 Å². The van der Waals surface area contributed by atoms with Gasteiger partial charge in [0.1, 0.15) is 0 Å². The highest BCUT2D eigenvalue weighted by molar-refractivity contribution is 9.10. The number of aliphatic hydroxyl groups is 1. The number of rotatable bonds is 2. The van der Waals surface area contributed by atoms with Crippen LogP contribution in [0.3, 0.4) is 0 Å². The van der Waals surface area contributed by atoms with E-state index in [2.05, 4.69) is 39.9 Å². The summed E-state index contributed by atoms with van der Waals surface area (Å²) in [5, 5.41) is 9.56. The van der Waals surface area contributed by atoms with Crippen LogP contribution >= 0.6 is 15.9 Å². The lowest BCUT2D eigenvalue weighted by molar-refractivity contribution is 0.198. The van der Waals surface area contributed by atoms with Gasteiger partial charge >= 0.3 is 0 Å². The van der Waals surface area contributed by atoms with Crippen molar-refractivity contribution < 1.29 is 5.11 Å². The van der Waals surface area contributed by atoms with E-state index < -0.39 is 6.10 Å². The zero-order chi connectivity index (χ0) is 11.7. The van der Waals surface area contributed by atoms with Gasteiger partial charge in [-0.1, -0.05) is 28.9 Å². The molecule has 0 radical (unpaired) electrons. The van der Waals surface area contributed by atoms with Crippen LogP contribution in [0.5, 0.6) is 0 Å². The molecular weight excluding hydrogens is 266 g/mol. The smallest absolute Gasteiger partial charge is 0.0772 e. The van der Waals surface area contributed by atoms with Crippen LogP contribution in [-0.2, 0) is 0 Å². The van der Waals surface area contributed by atoms with Gasteiger partial charge in [0.05, 0.1) is 6.10 Å². The quantitative estimate of drug-likeness (QED) is 0.900. The summed E-state index contributed by atoms with van der Waals surface area (Å²) in [5.41, 5.74) is 2.21. The van der Waals surface area contributed by atoms with Crippen molar-refractivity contribution in [1.29, 1.82) is 0 Å². The molecule has 1 saturated heterocycles. The van der Waals surface area contributed by atoms with E-state index in [-0.39, 0.29) is 0 Å². The van der Waals surface area contributed by atoms with E-state index >= 15 is 0 Å². The summed E-state index contributed by atoms with van der Waals surface area (Å²) in [7, 11) is 0. The minimum Gasteiger partial charge on any atom is -0.389 e. The summed E-state index contributed by atoms with van der Waals surface area (Å²) in [5.74, 6) is 0.787. The molecule has 0 spiro atoms. The maximum Gasteiger partial charge on any atom is 0.0772 e. The molecule has 1 heterocycles. The molecule has 2 rings (SSSR count). The molecular formula is C13H18BrNO. The topological polar surface area (TPSA) is 23.5 Å². The molecule has 88 valence electrons. The van der Waals surface area contributed by atoms with E-state index in [4.69, 9.17) is 0 Å². The standard InChI is InChI=1S/C13H18BrNO/c1-9-5-6-15(8-9)11-3-4-12(10(2)16)13(14)7-11/h3-4,7,9-10,16H,5-6,8H2,1-2H3/t9?,10-/m1/s1. The third kappa shape index (κ3) is 2.41. The summed E-state index contributed by atoms with van der Waals surface area (Å²) in [6.07, 6.45) is 0.858. The first-order valence-corrected chi connectivity index (χ1v) is 6.59. The van der Waals surface area contributed by atoms with Crippen molar-refractivity contribution in [3.63, 3.8) is 0 Å². The van der Waals surface area contributed by atoms with Crippen molar-refractivity contribution in [2.45, 2.75) is 26.4 Å². The molecule has 0 aliphatic carbocycles. The molecule has 0 bridgehead atoms. The Morgan fingerprint density at radius 3 is 2.75 bits per heavy atom. The van der Waals surface area contributed by atoms with E-state index in [0.29, 0.717) is 0 Å². The van der Waals surface area contributed by atoms with Gasteiger partial charge in [0, 0.05) is 23.2 Å². The molecule has 0 aromatic heterocycles. The Hall–Kier alpha value is -0.540. The Morgan fingerprint density at radius 2 is 2.25 bits per heavy atom. The molecule has 1 aliphatic rings. The predicted octanol–water partition coefficient (Wildman–Crippen LogP) is 3.35. The van der Waals surface area contributed by atoms with Gasteiger partial charge < -0.3 is 10.0 Å². The van der Waals surface area contributed by atoms with Crippen LogP contribution in [0, 0.1) is 5.92 Å². The van der Waals surface area contributed by atoms with Crippen LogP contribution in [0.2, 0.25) is 0 Å². The Balaban J connectivity index is 2.21. The van der Waals surface area contributed by atoms with E-state index in [9.17, 15) is 5.11 Å². The number of nitrogens with zero attached hydrogens (tertiary/aromatic N) is 1. The van der Waals surface area contributed by atoms with Crippen molar-refractivity contribution >= 4 is 21.6 Å². The van der Waals surface area contributed by atoms with Crippen LogP contribution < -0.4 is 4.90 Å². The fourth-order valence-corrected chi connectivity index (χ4v) is 2.92. The van der Waals surface area contributed by atoms with Crippen LogP contribution in [0.15, 0.2) is 22.7 Å². The third-order valence-electron chi connectivity index (χ3n) is 3.22. The first kappa shape index (κ1) is 11.9. The number of aliphatic hydroxyl groups excluding tert-OH is 1. The molecule has 0 saturated carbocycles. The molecule has 1 unspecified atom stereocenters. The van der Waals surface area contributed by atoms with Gasteiger partial charge in [-0.2, -0.15) is 0 Å². The van der Waals surface area contributed by atoms with Crippen LogP contribution in [0.1, 0.15) is 31.9 Å². The first-order chi connectivity index (χ1) is 7.58. The lowest BCUT2D eigenvalue weighted by atomic mass is 10.1. The predicted molar refractivity (Wildman–Crippen MR) is 70.8 cm³/mol. The van der Waals surface area contributed by atoms with Gasteiger partial charge in [-0.3, -0.25) is 0 Å². The number of hydrogen-bond acceptors (Lipinski definition) is 2. The Kier molecular flexibility index (Phi) is 3.55. The van der Waals surface area contributed by atoms with Crippen molar-refractivity contribution in [2.24, 2.45) is 5.92 Å². The van der Waals surface area contributed by atoms with Crippen molar-refractivity contribution in [1.82, 2.24) is 0 Å². The fraction of sp³-hybridized carbons (Fsp3) is 0.538. The monoisotopic (exact) mass is 283 g/mol. The maximum atomic E-state index is 9.56. The summed E-state index contributed by atoms with van der Waals surface area (Å²) in [6.45, 7) is 6.36. The second-order valence-electron chi connectivity index (χ2n) is 4.72. The highest BCUT2D eigenvalue weighted by Crippen LogP contribution is 2.30. The second kappa shape index (κ2) is 4.76. The highest BCUT2D eigenvalue weighted by Gasteiger charge is 2.19. The first-order valence-electron chi connectivity index (χ1n) is 5.80. The summed E-state index contributed by atoms with van der Waals surface area (Å²) in [6, 6.07) is 6.22. The number of benzene rings is 1. The molecule has 0 amide bonds. The van der Waals surface area contributed by atoms with Gasteiger partial charge in [0.2, 0.25) is 0 Å². The molecule has 1 aromatic rings. The average Bonchev–Trinajstić information content (AvgIpc) is 2.64. The molecule has 1 fully saturated rings. The molecule has 2 atom stereocenters. The Bertz CT molecular complexity index is 378. The minimum atomic E-state index is -0.416. The Labute approximate surface area is 105 Å². The van der Waals surface area contributed by atoms with Gasteiger partial charge in [-0.25, -0.2) is 0 Å². The number of hydrogen-bond donors (Lipinski definition) is 1. The zero-order valence-electron chi connectivity index (χ0n) is 9.78. The summed E-state index contributed by atoms with van der Waals surface area (Å²) in [4.78, 5) is 2.40. The molecule has 3 heteroatoms. The highest BCUT2D eigenvalue weighted by atomic mass is 79.9. The van der Waals surface area contributed by atoms with E-state index in [0.717, 1.165) is 29.0 Å². The molecule has 1 aromatic carbocycles. The molecule has 1 aliphatic heterocycles. The number of anilines is 1. The minimum absolute atomic E-state index is 0.416. The van der Waals surface area contributed by atoms with E-state index in [1.54, 1.807) is 6.92 Å². The van der Waals surface area contributed by atoms with Crippen LogP contribution in [-0.4, -0.2) is 18.2 Å². The lowest BCUT2D eigenvalue weighted by Gasteiger charge is -2.19. The van der Waals surface area contributed by atoms with Gasteiger partial charge in [0.15, 0.2) is 0 Å². The van der Waals surface area contributed by atoms with Crippen molar-refractivity contribution in [3.05, 3.63) is 28.2 Å². The summed E-state index contributed by atoms with van der Waals surface area (Å²) >= 11 is 3.52. The fourth-order valence-electron chi connectivity index (χ4n) is 2.22. The third-order valence-corrected chi connectivity index (χ3v) is 3.91. The van der Waals surface area contributed by atoms with Crippen molar-refractivity contribution in [2.75, 3.05) is 18.0 Å². The van der Waals surface area contributed by atoms with Crippen LogP contribution in [0.4, 0.5) is 5.69 Å². The summed E-state index contributed by atoms with van der Waals surface area (Å²) < 4.78 is 1.000. The maximum absolute atomic E-state index is 9.56. The van der Waals surface area contributed by atoms with E-state index in [1.165, 1.54) is 12.1 Å². The average molecular weight is 284 g/mol. The zero-order valence-corrected chi connectivity index (χ0v) is 11.4. The second-order valence-corrected chi connectivity index (χ2v) is 5.58. The largest absolute Gasteiger partial charge is 0.389 e. The molecule has 1 N–H and O–H groups in total. The SMILES string of the molecule is CC1CCN(c2ccc([C@@H](C)O)c(Br)c2)C1. The van der Waals surface area contributed by atoms with Crippen molar-refractivity contribution in [3.8, 4) is 0 Å². The number of halogens is 1. The normalized spacial score (nSPS) is 22.5. The molecule has 2 nitrogen and oxygen atoms in total. The lowest BCUT2D eigenvalue weighted by Crippen LogP contribution is -2.19.